The van der Waals surface area contributed by atoms with Crippen LogP contribution in [0.5, 0.6) is 0 Å². The first kappa shape index (κ1) is 21.8. The first-order valence-electron chi connectivity index (χ1n) is 11.1. The molecule has 0 unspecified atom stereocenters. The molecule has 0 N–H and O–H groups in total. The fraction of sp³-hybridized carbons (Fsp3) is 0.440. The Labute approximate surface area is 184 Å². The van der Waals surface area contributed by atoms with E-state index < -0.39 is 18.3 Å². The zero-order valence-electron chi connectivity index (χ0n) is 18.0. The van der Waals surface area contributed by atoms with Gasteiger partial charge in [0.25, 0.3) is 5.91 Å². The molecule has 0 radical (unpaired) electrons. The van der Waals surface area contributed by atoms with E-state index in [1.165, 1.54) is 6.42 Å². The Balaban J connectivity index is 1.54. The highest BCUT2D eigenvalue weighted by molar-refractivity contribution is 7.81. The maximum absolute atomic E-state index is 14.6. The van der Waals surface area contributed by atoms with Crippen molar-refractivity contribution in [3.8, 4) is 0 Å². The van der Waals surface area contributed by atoms with E-state index >= 15 is 0 Å². The summed E-state index contributed by atoms with van der Waals surface area (Å²) in [6.07, 6.45) is 6.46. The molecule has 31 heavy (non-hydrogen) atoms. The predicted molar refractivity (Wildman–Crippen MR) is 122 cm³/mol. The van der Waals surface area contributed by atoms with Gasteiger partial charge in [-0.25, -0.2) is 0 Å². The zero-order chi connectivity index (χ0) is 21.9. The lowest BCUT2D eigenvalue weighted by Crippen LogP contribution is -2.42. The topological polar surface area (TPSA) is 63.7 Å². The molecule has 2 fully saturated rings. The first-order chi connectivity index (χ1) is 15.0. The van der Waals surface area contributed by atoms with E-state index in [9.17, 15) is 14.2 Å². The molecule has 4 rings (SSSR count). The summed E-state index contributed by atoms with van der Waals surface area (Å²) in [5.41, 5.74) is 0. The Bertz CT molecular complexity index is 922. The minimum atomic E-state index is -3.28. The van der Waals surface area contributed by atoms with Gasteiger partial charge in [-0.1, -0.05) is 79.9 Å². The van der Waals surface area contributed by atoms with Crippen LogP contribution in [-0.2, 0) is 18.9 Å². The van der Waals surface area contributed by atoms with Crippen molar-refractivity contribution in [3.05, 3.63) is 60.7 Å². The molecule has 2 aromatic rings. The first-order valence-corrected chi connectivity index (χ1v) is 12.8. The van der Waals surface area contributed by atoms with Gasteiger partial charge in [0.15, 0.2) is 13.7 Å². The number of esters is 1. The van der Waals surface area contributed by atoms with Crippen molar-refractivity contribution in [1.82, 2.24) is 4.90 Å². The van der Waals surface area contributed by atoms with E-state index in [2.05, 4.69) is 0 Å². The van der Waals surface area contributed by atoms with Crippen LogP contribution in [0.15, 0.2) is 60.7 Å². The van der Waals surface area contributed by atoms with E-state index in [0.717, 1.165) is 25.7 Å². The van der Waals surface area contributed by atoms with Crippen LogP contribution in [0.4, 0.5) is 0 Å². The Kier molecular flexibility index (Phi) is 6.34. The molecule has 5 nitrogen and oxygen atoms in total. The van der Waals surface area contributed by atoms with Crippen LogP contribution < -0.4 is 10.6 Å². The quantitative estimate of drug-likeness (QED) is 0.485. The molecule has 0 saturated heterocycles. The molecule has 2 aliphatic rings. The zero-order valence-corrected chi connectivity index (χ0v) is 18.9. The molecule has 0 heterocycles. The van der Waals surface area contributed by atoms with Gasteiger partial charge in [0.05, 0.1) is 0 Å². The standard InChI is InChI=1S/C25H30NO4P/c1-26(20-11-5-2-6-12-20)23(27)19-30-24(28)25(17-18-25)31(29,21-13-7-3-8-14-21)22-15-9-4-10-16-22/h3-4,7-10,13-16,20H,2,5-6,11-12,17-19H2,1H3. The number of ether oxygens (including phenoxy) is 1. The summed E-state index contributed by atoms with van der Waals surface area (Å²) in [5, 5.41) is 0.224. The van der Waals surface area contributed by atoms with Crippen molar-refractivity contribution in [1.29, 1.82) is 0 Å². The molecule has 164 valence electrons. The predicted octanol–water partition coefficient (Wildman–Crippen LogP) is 3.87. The van der Waals surface area contributed by atoms with Crippen LogP contribution in [0.1, 0.15) is 44.9 Å². The number of benzene rings is 2. The van der Waals surface area contributed by atoms with Gasteiger partial charge in [0.1, 0.15) is 5.16 Å². The third kappa shape index (κ3) is 4.08. The van der Waals surface area contributed by atoms with Gasteiger partial charge in [0.2, 0.25) is 0 Å². The number of carbonyl (C=O) groups excluding carboxylic acids is 2. The highest BCUT2D eigenvalue weighted by Gasteiger charge is 2.65. The van der Waals surface area contributed by atoms with E-state index in [4.69, 9.17) is 4.74 Å². The molecule has 0 spiro atoms. The van der Waals surface area contributed by atoms with Crippen LogP contribution in [-0.4, -0.2) is 41.6 Å². The molecule has 6 heteroatoms. The largest absolute Gasteiger partial charge is 0.455 e. The normalized spacial score (nSPS) is 18.2. The molecule has 0 atom stereocenters. The summed E-state index contributed by atoms with van der Waals surface area (Å²) in [5.74, 6) is -0.709. The number of likely N-dealkylation sites (N-methyl/N-ethyl adjacent to an activating group) is 1. The number of rotatable bonds is 7. The van der Waals surface area contributed by atoms with E-state index in [0.29, 0.717) is 23.5 Å². The van der Waals surface area contributed by atoms with Crippen molar-refractivity contribution in [2.24, 2.45) is 0 Å². The summed E-state index contributed by atoms with van der Waals surface area (Å²) < 4.78 is 20.1. The monoisotopic (exact) mass is 439 g/mol. The molecule has 0 bridgehead atoms. The Hall–Kier alpha value is -2.39. The van der Waals surface area contributed by atoms with Crippen molar-refractivity contribution in [2.75, 3.05) is 13.7 Å². The fourth-order valence-corrected chi connectivity index (χ4v) is 8.25. The number of hydrogen-bond acceptors (Lipinski definition) is 4. The smallest absolute Gasteiger partial charge is 0.320 e. The highest BCUT2D eigenvalue weighted by atomic mass is 31.2. The second-order valence-corrected chi connectivity index (χ2v) is 11.8. The average molecular weight is 439 g/mol. The maximum atomic E-state index is 14.6. The fourth-order valence-electron chi connectivity index (χ4n) is 4.72. The van der Waals surface area contributed by atoms with E-state index in [1.54, 1.807) is 11.9 Å². The van der Waals surface area contributed by atoms with Gasteiger partial charge >= 0.3 is 5.97 Å². The second kappa shape index (κ2) is 9.00. The van der Waals surface area contributed by atoms with Gasteiger partial charge in [0, 0.05) is 23.7 Å². The molecule has 0 aliphatic heterocycles. The van der Waals surface area contributed by atoms with Gasteiger partial charge in [-0.15, -0.1) is 0 Å². The van der Waals surface area contributed by atoms with Crippen LogP contribution >= 0.6 is 7.14 Å². The van der Waals surface area contributed by atoms with Crippen LogP contribution in [0.3, 0.4) is 0 Å². The number of hydrogen-bond donors (Lipinski definition) is 0. The molecule has 0 aromatic heterocycles. The number of carbonyl (C=O) groups is 2. The lowest BCUT2D eigenvalue weighted by atomic mass is 9.94. The Morgan fingerprint density at radius 2 is 1.45 bits per heavy atom. The van der Waals surface area contributed by atoms with Gasteiger partial charge < -0.3 is 14.2 Å². The molecule has 2 aromatic carbocycles. The van der Waals surface area contributed by atoms with E-state index in [-0.39, 0.29) is 18.6 Å². The molecule has 1 amide bonds. The summed E-state index contributed by atoms with van der Waals surface area (Å²) >= 11 is 0. The van der Waals surface area contributed by atoms with Crippen molar-refractivity contribution in [3.63, 3.8) is 0 Å². The molecular weight excluding hydrogens is 409 g/mol. The summed E-state index contributed by atoms with van der Waals surface area (Å²) in [4.78, 5) is 27.6. The van der Waals surface area contributed by atoms with Crippen molar-refractivity contribution >= 4 is 29.6 Å². The lowest BCUT2D eigenvalue weighted by molar-refractivity contribution is -0.152. The highest BCUT2D eigenvalue weighted by Crippen LogP contribution is 2.68. The van der Waals surface area contributed by atoms with Crippen molar-refractivity contribution < 1.29 is 18.9 Å². The van der Waals surface area contributed by atoms with Gasteiger partial charge in [-0.05, 0) is 25.7 Å². The maximum Gasteiger partial charge on any atom is 0.320 e. The van der Waals surface area contributed by atoms with Crippen LogP contribution in [0.2, 0.25) is 0 Å². The molecule has 2 saturated carbocycles. The minimum absolute atomic E-state index is 0.190. The third-order valence-electron chi connectivity index (χ3n) is 6.79. The Morgan fingerprint density at radius 3 is 1.94 bits per heavy atom. The van der Waals surface area contributed by atoms with Crippen molar-refractivity contribution in [2.45, 2.75) is 56.1 Å². The summed E-state index contributed by atoms with van der Waals surface area (Å²) in [7, 11) is -1.49. The summed E-state index contributed by atoms with van der Waals surface area (Å²) in [6, 6.07) is 18.6. The summed E-state index contributed by atoms with van der Waals surface area (Å²) in [6.45, 7) is -0.294. The average Bonchev–Trinajstić information content (AvgIpc) is 3.65. The SMILES string of the molecule is CN(C(=O)COC(=O)C1(P(=O)(c2ccccc2)c2ccccc2)CC1)C1CCCCC1. The second-order valence-electron chi connectivity index (χ2n) is 8.68. The van der Waals surface area contributed by atoms with Gasteiger partial charge in [-0.2, -0.15) is 0 Å². The molecular formula is C25H30NO4P. The van der Waals surface area contributed by atoms with Gasteiger partial charge in [-0.3, -0.25) is 9.59 Å². The van der Waals surface area contributed by atoms with Crippen LogP contribution in [0, 0.1) is 0 Å². The number of nitrogens with zero attached hydrogens (tertiary/aromatic N) is 1. The molecule has 2 aliphatic carbocycles. The van der Waals surface area contributed by atoms with Crippen LogP contribution in [0.25, 0.3) is 0 Å². The van der Waals surface area contributed by atoms with E-state index in [1.807, 2.05) is 60.7 Å². The minimum Gasteiger partial charge on any atom is -0.455 e. The number of amides is 1. The third-order valence-corrected chi connectivity index (χ3v) is 10.7. The lowest BCUT2D eigenvalue weighted by Gasteiger charge is -2.31. The Morgan fingerprint density at radius 1 is 0.935 bits per heavy atom.